The van der Waals surface area contributed by atoms with Gasteiger partial charge in [-0.2, -0.15) is 0 Å². The quantitative estimate of drug-likeness (QED) is 0.608. The molecular formula is C8H12N2O3S. The van der Waals surface area contributed by atoms with Gasteiger partial charge in [0.2, 0.25) is 5.91 Å². The molecule has 0 aromatic carbocycles. The second-order valence-electron chi connectivity index (χ2n) is 3.72. The van der Waals surface area contributed by atoms with E-state index in [0.29, 0.717) is 18.8 Å². The zero-order valence-electron chi connectivity index (χ0n) is 7.82. The molecule has 6 heteroatoms. The summed E-state index contributed by atoms with van der Waals surface area (Å²) >= 11 is 1.60. The molecule has 2 fully saturated rings. The van der Waals surface area contributed by atoms with Gasteiger partial charge in [-0.15, -0.1) is 11.8 Å². The van der Waals surface area contributed by atoms with Gasteiger partial charge in [0, 0.05) is 12.7 Å². The molecule has 1 atom stereocenters. The van der Waals surface area contributed by atoms with Crippen LogP contribution in [0.25, 0.3) is 0 Å². The van der Waals surface area contributed by atoms with Gasteiger partial charge in [0.15, 0.2) is 0 Å². The van der Waals surface area contributed by atoms with Gasteiger partial charge >= 0.3 is 5.97 Å². The molecule has 78 valence electrons. The van der Waals surface area contributed by atoms with Crippen LogP contribution in [0.2, 0.25) is 0 Å². The minimum Gasteiger partial charge on any atom is -0.480 e. The first-order valence-electron chi connectivity index (χ1n) is 4.42. The summed E-state index contributed by atoms with van der Waals surface area (Å²) in [7, 11) is 0. The summed E-state index contributed by atoms with van der Waals surface area (Å²) in [4.78, 5) is 23.2. The van der Waals surface area contributed by atoms with Crippen molar-refractivity contribution in [1.82, 2.24) is 10.2 Å². The molecule has 0 radical (unpaired) electrons. The molecule has 2 heterocycles. The Bertz CT molecular complexity index is 288. The van der Waals surface area contributed by atoms with E-state index in [1.165, 1.54) is 6.92 Å². The molecule has 0 bridgehead atoms. The number of amides is 1. The number of rotatable bonds is 1. The number of hydrogen-bond donors (Lipinski definition) is 2. The Morgan fingerprint density at radius 2 is 2.21 bits per heavy atom. The van der Waals surface area contributed by atoms with Crippen molar-refractivity contribution in [2.75, 3.05) is 18.8 Å². The molecule has 2 N–H and O–H groups in total. The van der Waals surface area contributed by atoms with Gasteiger partial charge < -0.3 is 10.0 Å². The zero-order chi connectivity index (χ0) is 10.3. The lowest BCUT2D eigenvalue weighted by Gasteiger charge is -2.47. The van der Waals surface area contributed by atoms with Crippen molar-refractivity contribution < 1.29 is 14.7 Å². The normalized spacial score (nSPS) is 28.9. The number of carbonyl (C=O) groups is 2. The number of carboxylic acid groups (broad SMARTS) is 1. The summed E-state index contributed by atoms with van der Waals surface area (Å²) in [5, 5.41) is 11.8. The molecule has 2 rings (SSSR count). The van der Waals surface area contributed by atoms with E-state index < -0.39 is 12.0 Å². The second kappa shape index (κ2) is 3.13. The van der Waals surface area contributed by atoms with Crippen LogP contribution in [0.4, 0.5) is 0 Å². The number of thioether (sulfide) groups is 1. The smallest absolute Gasteiger partial charge is 0.321 e. The third kappa shape index (κ3) is 1.48. The van der Waals surface area contributed by atoms with E-state index in [2.05, 4.69) is 5.32 Å². The Labute approximate surface area is 85.8 Å². The second-order valence-corrected chi connectivity index (χ2v) is 5.12. The Hall–Kier alpha value is -0.750. The maximum absolute atomic E-state index is 11.0. The van der Waals surface area contributed by atoms with Crippen LogP contribution in [0.15, 0.2) is 0 Å². The Kier molecular flexibility index (Phi) is 2.19. The van der Waals surface area contributed by atoms with E-state index in [1.54, 1.807) is 16.7 Å². The maximum Gasteiger partial charge on any atom is 0.321 e. The lowest BCUT2D eigenvalue weighted by Crippen LogP contribution is -2.67. The van der Waals surface area contributed by atoms with Crippen molar-refractivity contribution in [3.05, 3.63) is 0 Å². The lowest BCUT2D eigenvalue weighted by atomic mass is 10.1. The van der Waals surface area contributed by atoms with Crippen LogP contribution < -0.4 is 5.32 Å². The number of carbonyl (C=O) groups excluding carboxylic acids is 1. The highest BCUT2D eigenvalue weighted by atomic mass is 32.2. The molecule has 2 aliphatic heterocycles. The van der Waals surface area contributed by atoms with Crippen LogP contribution in [0.5, 0.6) is 0 Å². The number of likely N-dealkylation sites (tertiary alicyclic amines) is 1. The third-order valence-electron chi connectivity index (χ3n) is 2.60. The van der Waals surface area contributed by atoms with Gasteiger partial charge in [0.25, 0.3) is 0 Å². The first-order valence-corrected chi connectivity index (χ1v) is 5.41. The molecule has 0 aliphatic carbocycles. The fraction of sp³-hybridized carbons (Fsp3) is 0.750. The molecule has 0 aromatic rings. The van der Waals surface area contributed by atoms with Gasteiger partial charge in [-0.3, -0.25) is 14.9 Å². The van der Waals surface area contributed by atoms with Crippen LogP contribution >= 0.6 is 11.8 Å². The van der Waals surface area contributed by atoms with Crippen molar-refractivity contribution in [2.45, 2.75) is 17.8 Å². The van der Waals surface area contributed by atoms with Crippen molar-refractivity contribution >= 4 is 23.6 Å². The van der Waals surface area contributed by atoms with Crippen LogP contribution in [-0.4, -0.2) is 51.6 Å². The first kappa shape index (κ1) is 9.79. The van der Waals surface area contributed by atoms with Gasteiger partial charge in [-0.25, -0.2) is 0 Å². The summed E-state index contributed by atoms with van der Waals surface area (Å²) < 4.78 is 0. The average Bonchev–Trinajstić information content (AvgIpc) is 2.44. The average molecular weight is 216 g/mol. The maximum atomic E-state index is 11.0. The predicted octanol–water partition coefficient (Wildman–Crippen LogP) is -0.666. The van der Waals surface area contributed by atoms with Crippen LogP contribution in [0.1, 0.15) is 6.92 Å². The number of hydrogen-bond acceptors (Lipinski definition) is 4. The Balaban J connectivity index is 1.91. The number of nitrogens with one attached hydrogen (secondary N) is 1. The monoisotopic (exact) mass is 216 g/mol. The minimum atomic E-state index is -0.810. The highest BCUT2D eigenvalue weighted by molar-refractivity contribution is 8.01. The summed E-state index contributed by atoms with van der Waals surface area (Å²) in [6.45, 7) is 2.77. The van der Waals surface area contributed by atoms with E-state index in [-0.39, 0.29) is 10.8 Å². The Morgan fingerprint density at radius 1 is 1.57 bits per heavy atom. The van der Waals surface area contributed by atoms with Crippen molar-refractivity contribution in [3.8, 4) is 0 Å². The van der Waals surface area contributed by atoms with Gasteiger partial charge in [0.05, 0.1) is 13.1 Å². The Morgan fingerprint density at radius 3 is 2.64 bits per heavy atom. The SMILES string of the molecule is CC(=O)N1CC2(C1)N[C@H](C(=O)O)CS2. The molecule has 1 amide bonds. The van der Waals surface area contributed by atoms with Crippen LogP contribution in [0, 0.1) is 0 Å². The summed E-state index contributed by atoms with van der Waals surface area (Å²) in [5.41, 5.74) is 0. The zero-order valence-corrected chi connectivity index (χ0v) is 8.63. The fourth-order valence-electron chi connectivity index (χ4n) is 1.75. The van der Waals surface area contributed by atoms with E-state index >= 15 is 0 Å². The van der Waals surface area contributed by atoms with E-state index in [4.69, 9.17) is 5.11 Å². The standard InChI is InChI=1S/C8H12N2O3S/c1-5(11)10-3-8(4-10)9-6(2-14-8)7(12)13/h6,9H,2-4H2,1H3,(H,12,13)/t6-/m0/s1. The number of aliphatic carboxylic acids is 1. The van der Waals surface area contributed by atoms with Crippen molar-refractivity contribution in [2.24, 2.45) is 0 Å². The lowest BCUT2D eigenvalue weighted by molar-refractivity contribution is -0.139. The van der Waals surface area contributed by atoms with Gasteiger partial charge in [-0.1, -0.05) is 0 Å². The third-order valence-corrected chi connectivity index (χ3v) is 4.03. The van der Waals surface area contributed by atoms with Gasteiger partial charge in [0.1, 0.15) is 10.9 Å². The van der Waals surface area contributed by atoms with E-state index in [0.717, 1.165) is 0 Å². The predicted molar refractivity (Wildman–Crippen MR) is 52.0 cm³/mol. The highest BCUT2D eigenvalue weighted by Gasteiger charge is 2.51. The summed E-state index contributed by atoms with van der Waals surface area (Å²) in [5.74, 6) is -0.173. The molecule has 5 nitrogen and oxygen atoms in total. The molecule has 0 aromatic heterocycles. The molecular weight excluding hydrogens is 204 g/mol. The topological polar surface area (TPSA) is 69.6 Å². The van der Waals surface area contributed by atoms with Gasteiger partial charge in [-0.05, 0) is 0 Å². The largest absolute Gasteiger partial charge is 0.480 e. The van der Waals surface area contributed by atoms with Crippen molar-refractivity contribution in [3.63, 3.8) is 0 Å². The number of nitrogens with zero attached hydrogens (tertiary/aromatic N) is 1. The number of carboxylic acids is 1. The molecule has 14 heavy (non-hydrogen) atoms. The molecule has 0 saturated carbocycles. The van der Waals surface area contributed by atoms with E-state index in [9.17, 15) is 9.59 Å². The van der Waals surface area contributed by atoms with Crippen LogP contribution in [-0.2, 0) is 9.59 Å². The first-order chi connectivity index (χ1) is 6.52. The molecule has 2 aliphatic rings. The van der Waals surface area contributed by atoms with E-state index in [1.807, 2.05) is 0 Å². The highest BCUT2D eigenvalue weighted by Crippen LogP contribution is 2.38. The summed E-state index contributed by atoms with van der Waals surface area (Å²) in [6.07, 6.45) is 0. The molecule has 0 unspecified atom stereocenters. The van der Waals surface area contributed by atoms with Crippen LogP contribution in [0.3, 0.4) is 0 Å². The fourth-order valence-corrected chi connectivity index (χ4v) is 3.18. The minimum absolute atomic E-state index is 0.0526. The molecule has 2 saturated heterocycles. The van der Waals surface area contributed by atoms with Crippen molar-refractivity contribution in [1.29, 1.82) is 0 Å². The molecule has 1 spiro atoms. The summed E-state index contributed by atoms with van der Waals surface area (Å²) in [6, 6.07) is -0.464.